The highest BCUT2D eigenvalue weighted by Crippen LogP contribution is 2.21. The van der Waals surface area contributed by atoms with Gasteiger partial charge in [0.25, 0.3) is 0 Å². The van der Waals surface area contributed by atoms with Gasteiger partial charge in [-0.15, -0.1) is 0 Å². The minimum absolute atomic E-state index is 0.0118. The lowest BCUT2D eigenvalue weighted by atomic mass is 9.97. The molecule has 1 amide bonds. The first-order valence-electron chi connectivity index (χ1n) is 7.04. The van der Waals surface area contributed by atoms with Crippen LogP contribution in [0.25, 0.3) is 0 Å². The fourth-order valence-electron chi connectivity index (χ4n) is 2.17. The predicted octanol–water partition coefficient (Wildman–Crippen LogP) is 2.94. The Labute approximate surface area is 120 Å². The van der Waals surface area contributed by atoms with Gasteiger partial charge in [-0.2, -0.15) is 0 Å². The molecule has 0 heterocycles. The van der Waals surface area contributed by atoms with Crippen LogP contribution in [0.3, 0.4) is 0 Å². The van der Waals surface area contributed by atoms with Crippen LogP contribution in [0.4, 0.5) is 4.39 Å². The van der Waals surface area contributed by atoms with E-state index in [9.17, 15) is 14.3 Å². The van der Waals surface area contributed by atoms with E-state index < -0.39 is 6.10 Å². The number of hydrogen-bond acceptors (Lipinski definition) is 2. The monoisotopic (exact) mass is 281 g/mol. The van der Waals surface area contributed by atoms with Gasteiger partial charge in [0.1, 0.15) is 5.82 Å². The fraction of sp³-hybridized carbons (Fsp3) is 0.562. The smallest absolute Gasteiger partial charge is 0.223 e. The Morgan fingerprint density at radius 2 is 1.75 bits per heavy atom. The highest BCUT2D eigenvalue weighted by Gasteiger charge is 2.21. The molecule has 0 bridgehead atoms. The maximum atomic E-state index is 12.9. The number of amides is 1. The van der Waals surface area contributed by atoms with Crippen LogP contribution in [0.5, 0.6) is 0 Å². The minimum Gasteiger partial charge on any atom is -0.392 e. The number of carbonyl (C=O) groups excluding carboxylic acids is 1. The van der Waals surface area contributed by atoms with E-state index in [1.807, 2.05) is 20.8 Å². The van der Waals surface area contributed by atoms with Gasteiger partial charge in [-0.3, -0.25) is 4.79 Å². The second-order valence-electron chi connectivity index (χ2n) is 5.65. The summed E-state index contributed by atoms with van der Waals surface area (Å²) in [5.41, 5.74) is 0.945. The maximum absolute atomic E-state index is 12.9. The van der Waals surface area contributed by atoms with Crippen molar-refractivity contribution in [3.8, 4) is 0 Å². The van der Waals surface area contributed by atoms with Gasteiger partial charge >= 0.3 is 0 Å². The zero-order valence-corrected chi connectivity index (χ0v) is 12.6. The van der Waals surface area contributed by atoms with Crippen molar-refractivity contribution in [3.63, 3.8) is 0 Å². The second-order valence-corrected chi connectivity index (χ2v) is 5.65. The quantitative estimate of drug-likeness (QED) is 0.871. The van der Waals surface area contributed by atoms with E-state index in [4.69, 9.17) is 0 Å². The predicted molar refractivity (Wildman–Crippen MR) is 78.0 cm³/mol. The first-order valence-corrected chi connectivity index (χ1v) is 7.04. The standard InChI is InChI=1S/C16H24FNO2/c1-11(2)18(10-13(4)19)16(20)9-12(3)14-5-7-15(17)8-6-14/h5-8,11-13,19H,9-10H2,1-4H3. The number of halogens is 1. The number of benzene rings is 1. The van der Waals surface area contributed by atoms with E-state index in [0.29, 0.717) is 13.0 Å². The summed E-state index contributed by atoms with van der Waals surface area (Å²) in [6, 6.07) is 6.29. The van der Waals surface area contributed by atoms with Crippen molar-refractivity contribution in [2.45, 2.75) is 52.2 Å². The van der Waals surface area contributed by atoms with Crippen molar-refractivity contribution in [2.24, 2.45) is 0 Å². The lowest BCUT2D eigenvalue weighted by Gasteiger charge is -2.29. The van der Waals surface area contributed by atoms with Crippen molar-refractivity contribution in [3.05, 3.63) is 35.6 Å². The van der Waals surface area contributed by atoms with Crippen LogP contribution in [0.1, 0.15) is 45.6 Å². The number of nitrogens with zero attached hydrogens (tertiary/aromatic N) is 1. The number of aliphatic hydroxyl groups excluding tert-OH is 1. The molecular weight excluding hydrogens is 257 g/mol. The average molecular weight is 281 g/mol. The molecule has 1 aromatic carbocycles. The van der Waals surface area contributed by atoms with Gasteiger partial charge in [0, 0.05) is 19.0 Å². The van der Waals surface area contributed by atoms with Crippen molar-refractivity contribution >= 4 is 5.91 Å². The Morgan fingerprint density at radius 1 is 1.20 bits per heavy atom. The van der Waals surface area contributed by atoms with Gasteiger partial charge in [0.05, 0.1) is 6.10 Å². The molecule has 2 atom stereocenters. The molecule has 20 heavy (non-hydrogen) atoms. The van der Waals surface area contributed by atoms with Gasteiger partial charge < -0.3 is 10.0 Å². The van der Waals surface area contributed by atoms with Crippen molar-refractivity contribution in [2.75, 3.05) is 6.54 Å². The molecule has 0 aliphatic carbocycles. The Kier molecular flexibility index (Phi) is 6.14. The van der Waals surface area contributed by atoms with Crippen LogP contribution in [-0.4, -0.2) is 34.6 Å². The summed E-state index contributed by atoms with van der Waals surface area (Å²) in [5, 5.41) is 9.47. The molecular formula is C16H24FNO2. The zero-order chi connectivity index (χ0) is 15.3. The van der Waals surface area contributed by atoms with E-state index in [1.165, 1.54) is 12.1 Å². The molecule has 3 nitrogen and oxygen atoms in total. The van der Waals surface area contributed by atoms with Crippen LogP contribution in [0, 0.1) is 5.82 Å². The van der Waals surface area contributed by atoms with Crippen LogP contribution in [0.2, 0.25) is 0 Å². The number of aliphatic hydroxyl groups is 1. The van der Waals surface area contributed by atoms with E-state index in [0.717, 1.165) is 5.56 Å². The molecule has 0 aliphatic rings. The Balaban J connectivity index is 2.69. The minimum atomic E-state index is -0.539. The van der Waals surface area contributed by atoms with Crippen molar-refractivity contribution < 1.29 is 14.3 Å². The summed E-state index contributed by atoms with van der Waals surface area (Å²) in [6.45, 7) is 7.83. The average Bonchev–Trinajstić information content (AvgIpc) is 2.35. The molecule has 0 aliphatic heterocycles. The number of rotatable bonds is 6. The van der Waals surface area contributed by atoms with Crippen LogP contribution in [-0.2, 0) is 4.79 Å². The first kappa shape index (κ1) is 16.6. The molecule has 1 aromatic rings. The van der Waals surface area contributed by atoms with Crippen molar-refractivity contribution in [1.29, 1.82) is 0 Å². The molecule has 1 N–H and O–H groups in total. The molecule has 2 unspecified atom stereocenters. The molecule has 0 spiro atoms. The normalized spacial score (nSPS) is 14.2. The second kappa shape index (κ2) is 7.39. The third-order valence-corrected chi connectivity index (χ3v) is 3.32. The third-order valence-electron chi connectivity index (χ3n) is 3.32. The molecule has 0 aromatic heterocycles. The molecule has 0 saturated heterocycles. The molecule has 1 rings (SSSR count). The summed E-state index contributed by atoms with van der Waals surface area (Å²) in [7, 11) is 0. The lowest BCUT2D eigenvalue weighted by Crippen LogP contribution is -2.41. The zero-order valence-electron chi connectivity index (χ0n) is 12.6. The van der Waals surface area contributed by atoms with Gasteiger partial charge in [0.15, 0.2) is 0 Å². The summed E-state index contributed by atoms with van der Waals surface area (Å²) in [4.78, 5) is 14.0. The molecule has 0 saturated carbocycles. The Morgan fingerprint density at radius 3 is 2.20 bits per heavy atom. The molecule has 0 fully saturated rings. The van der Waals surface area contributed by atoms with Crippen molar-refractivity contribution in [1.82, 2.24) is 4.90 Å². The molecule has 112 valence electrons. The molecule has 4 heteroatoms. The van der Waals surface area contributed by atoms with Gasteiger partial charge in [0.2, 0.25) is 5.91 Å². The highest BCUT2D eigenvalue weighted by atomic mass is 19.1. The van der Waals surface area contributed by atoms with E-state index in [2.05, 4.69) is 0 Å². The number of carbonyl (C=O) groups is 1. The number of hydrogen-bond donors (Lipinski definition) is 1. The van der Waals surface area contributed by atoms with Crippen LogP contribution < -0.4 is 0 Å². The fourth-order valence-corrected chi connectivity index (χ4v) is 2.17. The van der Waals surface area contributed by atoms with Crippen LogP contribution >= 0.6 is 0 Å². The molecule has 0 radical (unpaired) electrons. The van der Waals surface area contributed by atoms with Gasteiger partial charge in [-0.25, -0.2) is 4.39 Å². The van der Waals surface area contributed by atoms with E-state index in [-0.39, 0.29) is 23.7 Å². The SMILES string of the molecule is CC(O)CN(C(=O)CC(C)c1ccc(F)cc1)C(C)C. The van der Waals surface area contributed by atoms with E-state index >= 15 is 0 Å². The van der Waals surface area contributed by atoms with Gasteiger partial charge in [-0.1, -0.05) is 19.1 Å². The third kappa shape index (κ3) is 4.93. The maximum Gasteiger partial charge on any atom is 0.223 e. The topological polar surface area (TPSA) is 40.5 Å². The largest absolute Gasteiger partial charge is 0.392 e. The highest BCUT2D eigenvalue weighted by molar-refractivity contribution is 5.77. The Hall–Kier alpha value is -1.42. The summed E-state index contributed by atoms with van der Waals surface area (Å²) in [5.74, 6) is -0.235. The van der Waals surface area contributed by atoms with E-state index in [1.54, 1.807) is 24.0 Å². The summed E-state index contributed by atoms with van der Waals surface area (Å²) >= 11 is 0. The van der Waals surface area contributed by atoms with Gasteiger partial charge in [-0.05, 0) is 44.4 Å². The summed E-state index contributed by atoms with van der Waals surface area (Å²) in [6.07, 6.45) is -0.182. The summed E-state index contributed by atoms with van der Waals surface area (Å²) < 4.78 is 12.9. The Bertz CT molecular complexity index is 429. The lowest BCUT2D eigenvalue weighted by molar-refractivity contribution is -0.134. The van der Waals surface area contributed by atoms with Crippen LogP contribution in [0.15, 0.2) is 24.3 Å². The first-order chi connectivity index (χ1) is 9.31.